The minimum atomic E-state index is -0.324. The highest BCUT2D eigenvalue weighted by Crippen LogP contribution is 2.28. The Bertz CT molecular complexity index is 694. The van der Waals surface area contributed by atoms with Gasteiger partial charge in [-0.1, -0.05) is 6.07 Å². The van der Waals surface area contributed by atoms with Crippen molar-refractivity contribution in [2.75, 3.05) is 19.5 Å². The molecule has 6 nitrogen and oxygen atoms in total. The van der Waals surface area contributed by atoms with Crippen molar-refractivity contribution in [3.63, 3.8) is 0 Å². The molecule has 21 heavy (non-hydrogen) atoms. The van der Waals surface area contributed by atoms with Crippen LogP contribution in [0.15, 0.2) is 47.4 Å². The Morgan fingerprint density at radius 2 is 2.00 bits per heavy atom. The van der Waals surface area contributed by atoms with Gasteiger partial charge in [-0.05, 0) is 18.2 Å². The van der Waals surface area contributed by atoms with Gasteiger partial charge in [0.2, 0.25) is 5.91 Å². The van der Waals surface area contributed by atoms with Crippen LogP contribution in [0, 0.1) is 0 Å². The van der Waals surface area contributed by atoms with Crippen LogP contribution in [0.1, 0.15) is 0 Å². The number of rotatable bonds is 5. The third-order valence-corrected chi connectivity index (χ3v) is 2.89. The second-order valence-electron chi connectivity index (χ2n) is 4.28. The van der Waals surface area contributed by atoms with Gasteiger partial charge in [0.25, 0.3) is 5.56 Å². The molecule has 0 radical (unpaired) electrons. The number of benzene rings is 1. The highest BCUT2D eigenvalue weighted by molar-refractivity contribution is 5.92. The third-order valence-electron chi connectivity index (χ3n) is 2.89. The number of carbonyl (C=O) groups excluding carboxylic acids is 1. The Labute approximate surface area is 121 Å². The van der Waals surface area contributed by atoms with Crippen molar-refractivity contribution in [2.24, 2.45) is 0 Å². The van der Waals surface area contributed by atoms with Gasteiger partial charge in [0.05, 0.1) is 19.9 Å². The molecule has 0 fully saturated rings. The van der Waals surface area contributed by atoms with Gasteiger partial charge in [-0.15, -0.1) is 0 Å². The zero-order chi connectivity index (χ0) is 15.2. The summed E-state index contributed by atoms with van der Waals surface area (Å²) in [4.78, 5) is 23.6. The monoisotopic (exact) mass is 288 g/mol. The Balaban J connectivity index is 2.16. The highest BCUT2D eigenvalue weighted by atomic mass is 16.5. The van der Waals surface area contributed by atoms with Crippen LogP contribution in [-0.2, 0) is 11.3 Å². The lowest BCUT2D eigenvalue weighted by Crippen LogP contribution is -2.26. The molecule has 0 spiro atoms. The summed E-state index contributed by atoms with van der Waals surface area (Å²) < 4.78 is 11.6. The molecule has 0 aliphatic carbocycles. The lowest BCUT2D eigenvalue weighted by Gasteiger charge is -2.12. The standard InChI is InChI=1S/C15H16N2O4/c1-20-11-6-7-13(21-2)12(9-11)16-14(18)10-17-8-4-3-5-15(17)19/h3-9H,10H2,1-2H3,(H,16,18). The van der Waals surface area contributed by atoms with E-state index in [4.69, 9.17) is 9.47 Å². The summed E-state index contributed by atoms with van der Waals surface area (Å²) in [7, 11) is 3.05. The number of ether oxygens (including phenoxy) is 2. The van der Waals surface area contributed by atoms with Crippen LogP contribution in [0.25, 0.3) is 0 Å². The number of amides is 1. The Morgan fingerprint density at radius 1 is 1.19 bits per heavy atom. The van der Waals surface area contributed by atoms with Crippen molar-refractivity contribution in [3.05, 3.63) is 52.9 Å². The van der Waals surface area contributed by atoms with Crippen LogP contribution >= 0.6 is 0 Å². The van der Waals surface area contributed by atoms with E-state index in [1.807, 2.05) is 0 Å². The number of aromatic nitrogens is 1. The molecule has 1 aromatic carbocycles. The SMILES string of the molecule is COc1ccc(OC)c(NC(=O)Cn2ccccc2=O)c1. The first-order valence-corrected chi connectivity index (χ1v) is 6.31. The average molecular weight is 288 g/mol. The predicted molar refractivity (Wildman–Crippen MR) is 78.9 cm³/mol. The van der Waals surface area contributed by atoms with Crippen molar-refractivity contribution in [1.29, 1.82) is 0 Å². The van der Waals surface area contributed by atoms with Gasteiger partial charge in [-0.25, -0.2) is 0 Å². The van der Waals surface area contributed by atoms with E-state index >= 15 is 0 Å². The van der Waals surface area contributed by atoms with Crippen LogP contribution in [0.3, 0.4) is 0 Å². The molecule has 1 N–H and O–H groups in total. The first-order chi connectivity index (χ1) is 10.1. The van der Waals surface area contributed by atoms with Crippen LogP contribution in [0.2, 0.25) is 0 Å². The van der Waals surface area contributed by atoms with Crippen molar-refractivity contribution < 1.29 is 14.3 Å². The first kappa shape index (κ1) is 14.6. The Hall–Kier alpha value is -2.76. The summed E-state index contributed by atoms with van der Waals surface area (Å²) >= 11 is 0. The fraction of sp³-hybridized carbons (Fsp3) is 0.200. The Morgan fingerprint density at radius 3 is 2.67 bits per heavy atom. The van der Waals surface area contributed by atoms with Crippen molar-refractivity contribution in [3.8, 4) is 11.5 Å². The number of nitrogens with zero attached hydrogens (tertiary/aromatic N) is 1. The second kappa shape index (κ2) is 6.60. The van der Waals surface area contributed by atoms with Crippen molar-refractivity contribution in [1.82, 2.24) is 4.57 Å². The fourth-order valence-electron chi connectivity index (χ4n) is 1.85. The summed E-state index contributed by atoms with van der Waals surface area (Å²) in [5.74, 6) is 0.794. The smallest absolute Gasteiger partial charge is 0.250 e. The third kappa shape index (κ3) is 3.62. The number of nitrogens with one attached hydrogen (secondary N) is 1. The van der Waals surface area contributed by atoms with E-state index in [2.05, 4.69) is 5.32 Å². The molecule has 0 aliphatic rings. The van der Waals surface area contributed by atoms with E-state index < -0.39 is 0 Å². The fourth-order valence-corrected chi connectivity index (χ4v) is 1.85. The molecule has 0 unspecified atom stereocenters. The van der Waals surface area contributed by atoms with E-state index in [0.717, 1.165) is 0 Å². The van der Waals surface area contributed by atoms with Gasteiger partial charge < -0.3 is 19.4 Å². The van der Waals surface area contributed by atoms with Crippen LogP contribution in [-0.4, -0.2) is 24.7 Å². The molecule has 0 saturated heterocycles. The van der Waals surface area contributed by atoms with E-state index in [-0.39, 0.29) is 18.0 Å². The maximum atomic E-state index is 12.0. The van der Waals surface area contributed by atoms with Crippen molar-refractivity contribution in [2.45, 2.75) is 6.54 Å². The topological polar surface area (TPSA) is 69.6 Å². The van der Waals surface area contributed by atoms with Crippen LogP contribution in [0.4, 0.5) is 5.69 Å². The molecule has 1 aromatic heterocycles. The molecular weight excluding hydrogens is 272 g/mol. The van der Waals surface area contributed by atoms with Crippen LogP contribution in [0.5, 0.6) is 11.5 Å². The van der Waals surface area contributed by atoms with Crippen molar-refractivity contribution >= 4 is 11.6 Å². The zero-order valence-electron chi connectivity index (χ0n) is 11.8. The molecule has 110 valence electrons. The van der Waals surface area contributed by atoms with E-state index in [0.29, 0.717) is 17.2 Å². The van der Waals surface area contributed by atoms with E-state index in [1.54, 1.807) is 36.5 Å². The molecule has 0 bridgehead atoms. The molecule has 0 atom stereocenters. The molecule has 1 amide bonds. The summed E-state index contributed by atoms with van der Waals surface area (Å²) in [6.45, 7) is -0.0694. The Kier molecular flexibility index (Phi) is 4.61. The maximum Gasteiger partial charge on any atom is 0.250 e. The molecule has 1 heterocycles. The molecule has 2 aromatic rings. The minimum Gasteiger partial charge on any atom is -0.497 e. The second-order valence-corrected chi connectivity index (χ2v) is 4.28. The number of hydrogen-bond acceptors (Lipinski definition) is 4. The average Bonchev–Trinajstić information content (AvgIpc) is 2.49. The number of carbonyl (C=O) groups is 1. The number of hydrogen-bond donors (Lipinski definition) is 1. The molecular formula is C15H16N2O4. The summed E-state index contributed by atoms with van der Waals surface area (Å²) in [5, 5.41) is 2.71. The molecule has 0 saturated carbocycles. The maximum absolute atomic E-state index is 12.0. The van der Waals surface area contributed by atoms with Gasteiger partial charge in [-0.2, -0.15) is 0 Å². The lowest BCUT2D eigenvalue weighted by atomic mass is 10.2. The highest BCUT2D eigenvalue weighted by Gasteiger charge is 2.10. The van der Waals surface area contributed by atoms with Gasteiger partial charge in [0.15, 0.2) is 0 Å². The van der Waals surface area contributed by atoms with Gasteiger partial charge in [-0.3, -0.25) is 9.59 Å². The van der Waals surface area contributed by atoms with Gasteiger partial charge in [0, 0.05) is 18.3 Å². The predicted octanol–water partition coefficient (Wildman–Crippen LogP) is 1.50. The normalized spacial score (nSPS) is 10.0. The number of pyridine rings is 1. The van der Waals surface area contributed by atoms with Gasteiger partial charge in [0.1, 0.15) is 18.0 Å². The molecule has 0 aliphatic heterocycles. The summed E-state index contributed by atoms with van der Waals surface area (Å²) in [5.41, 5.74) is 0.260. The lowest BCUT2D eigenvalue weighted by molar-refractivity contribution is -0.116. The minimum absolute atomic E-state index is 0.0694. The van der Waals surface area contributed by atoms with Gasteiger partial charge >= 0.3 is 0 Å². The van der Waals surface area contributed by atoms with Crippen LogP contribution < -0.4 is 20.3 Å². The molecule has 2 rings (SSSR count). The summed E-state index contributed by atoms with van der Waals surface area (Å²) in [6.07, 6.45) is 1.56. The van der Waals surface area contributed by atoms with E-state index in [1.165, 1.54) is 24.9 Å². The largest absolute Gasteiger partial charge is 0.497 e. The number of anilines is 1. The first-order valence-electron chi connectivity index (χ1n) is 6.31. The zero-order valence-corrected chi connectivity index (χ0v) is 11.8. The summed E-state index contributed by atoms with van der Waals surface area (Å²) in [6, 6.07) is 9.81. The van der Waals surface area contributed by atoms with E-state index in [9.17, 15) is 9.59 Å². The molecule has 6 heteroatoms. The quantitative estimate of drug-likeness (QED) is 0.905. The number of methoxy groups -OCH3 is 2.